The molecule has 272 valence electrons. The maximum absolute atomic E-state index is 12.1. The van der Waals surface area contributed by atoms with Crippen molar-refractivity contribution in [1.82, 2.24) is 9.13 Å². The van der Waals surface area contributed by atoms with Crippen LogP contribution in [0.25, 0.3) is 66.1 Å². The molecule has 0 aliphatic rings. The number of aromatic nitrogens is 2. The molecule has 0 bridgehead atoms. The molecular weight excluding hydrogens is 699 g/mol. The Morgan fingerprint density at radius 3 is 1.82 bits per heavy atom. The molecular formula is C51H37N5O. The van der Waals surface area contributed by atoms with E-state index in [2.05, 4.69) is 88.0 Å². The Balaban J connectivity index is 1.14. The molecule has 2 aromatic heterocycles. The largest absolute Gasteiger partial charge is 0.505 e. The van der Waals surface area contributed by atoms with Crippen molar-refractivity contribution < 1.29 is 5.11 Å². The van der Waals surface area contributed by atoms with Crippen LogP contribution in [-0.4, -0.2) is 25.9 Å². The van der Waals surface area contributed by atoms with Gasteiger partial charge in [0.1, 0.15) is 11.6 Å². The molecule has 6 nitrogen and oxygen atoms in total. The summed E-state index contributed by atoms with van der Waals surface area (Å²) in [5.74, 6) is 1.23. The van der Waals surface area contributed by atoms with Gasteiger partial charge in [0, 0.05) is 49.6 Å². The van der Waals surface area contributed by atoms with Gasteiger partial charge in [-0.05, 0) is 65.7 Å². The van der Waals surface area contributed by atoms with Crippen molar-refractivity contribution in [3.8, 4) is 28.3 Å². The minimum Gasteiger partial charge on any atom is -0.505 e. The molecule has 0 radical (unpaired) electrons. The normalized spacial score (nSPS) is 12.3. The van der Waals surface area contributed by atoms with Crippen molar-refractivity contribution >= 4 is 55.3 Å². The van der Waals surface area contributed by atoms with E-state index in [1.807, 2.05) is 115 Å². The van der Waals surface area contributed by atoms with Crippen LogP contribution in [0.3, 0.4) is 0 Å². The number of amidine groups is 2. The van der Waals surface area contributed by atoms with Crippen LogP contribution >= 0.6 is 0 Å². The van der Waals surface area contributed by atoms with E-state index in [1.165, 1.54) is 0 Å². The summed E-state index contributed by atoms with van der Waals surface area (Å²) in [5.41, 5.74) is 17.2. The molecule has 2 heterocycles. The van der Waals surface area contributed by atoms with E-state index < -0.39 is 0 Å². The van der Waals surface area contributed by atoms with E-state index >= 15 is 0 Å². The van der Waals surface area contributed by atoms with Crippen molar-refractivity contribution in [1.29, 1.82) is 0 Å². The highest BCUT2D eigenvalue weighted by atomic mass is 16.3. The lowest BCUT2D eigenvalue weighted by Gasteiger charge is -2.12. The van der Waals surface area contributed by atoms with Gasteiger partial charge in [-0.3, -0.25) is 4.99 Å². The topological polar surface area (TPSA) is 80.8 Å². The summed E-state index contributed by atoms with van der Waals surface area (Å²) in [7, 11) is 0. The van der Waals surface area contributed by atoms with Gasteiger partial charge in [0.25, 0.3) is 0 Å². The number of hydrogen-bond donors (Lipinski definition) is 2. The third-order valence-corrected chi connectivity index (χ3v) is 10.7. The number of aromatic hydroxyl groups is 1. The number of phenols is 1. The molecule has 0 aliphatic carbocycles. The van der Waals surface area contributed by atoms with E-state index in [9.17, 15) is 5.11 Å². The third-order valence-electron chi connectivity index (χ3n) is 10.7. The number of phenolic OH excluding ortho intramolecular Hbond substituents is 1. The number of fused-ring (bicyclic) bond motifs is 7. The fourth-order valence-electron chi connectivity index (χ4n) is 8.08. The number of rotatable bonds is 7. The first-order valence-corrected chi connectivity index (χ1v) is 19.1. The van der Waals surface area contributed by atoms with Gasteiger partial charge in [-0.2, -0.15) is 0 Å². The van der Waals surface area contributed by atoms with Crippen LogP contribution in [0, 0.1) is 0 Å². The molecule has 6 heteroatoms. The molecule has 10 aromatic rings. The third kappa shape index (κ3) is 5.92. The van der Waals surface area contributed by atoms with E-state index in [4.69, 9.17) is 15.7 Å². The molecule has 8 aromatic carbocycles. The summed E-state index contributed by atoms with van der Waals surface area (Å²) >= 11 is 0. The first-order chi connectivity index (χ1) is 28.1. The van der Waals surface area contributed by atoms with Crippen molar-refractivity contribution in [3.63, 3.8) is 0 Å². The number of aliphatic imine (C=N–C) groups is 2. The van der Waals surface area contributed by atoms with Gasteiger partial charge in [-0.15, -0.1) is 0 Å². The lowest BCUT2D eigenvalue weighted by molar-refractivity contribution is 0.482. The fourth-order valence-corrected chi connectivity index (χ4v) is 8.08. The van der Waals surface area contributed by atoms with E-state index in [0.717, 1.165) is 82.8 Å². The zero-order chi connectivity index (χ0) is 38.3. The molecule has 3 N–H and O–H groups in total. The van der Waals surface area contributed by atoms with Gasteiger partial charge in [0.05, 0.1) is 28.6 Å². The van der Waals surface area contributed by atoms with Crippen LogP contribution in [0.5, 0.6) is 5.75 Å². The minimum atomic E-state index is 0.256. The lowest BCUT2D eigenvalue weighted by Crippen LogP contribution is -2.16. The number of para-hydroxylation sites is 2. The van der Waals surface area contributed by atoms with E-state index in [0.29, 0.717) is 18.2 Å². The first kappa shape index (κ1) is 33.8. The predicted octanol–water partition coefficient (Wildman–Crippen LogP) is 11.6. The molecule has 57 heavy (non-hydrogen) atoms. The van der Waals surface area contributed by atoms with Gasteiger partial charge in [0.15, 0.2) is 5.84 Å². The standard InChI is InChI=1S/C51H37N5O/c52-50(54-51(37-19-9-3-10-20-37)53-33-34-15-5-1-6-16-34)36-25-27-39(28-26-36)55-44-24-14-13-23-43(44)46-45(55)32-31-41-42-30-29-40(35-17-7-2-8-18-35)49(57)48(42)56(47(41)46)38-21-11-4-12-22-38/h1-32,57H,33H2,(H2,52,53,54). The minimum absolute atomic E-state index is 0.256. The number of nitrogens with two attached hydrogens (primary N) is 1. The molecule has 0 atom stereocenters. The Hall–Kier alpha value is -7.70. The zero-order valence-corrected chi connectivity index (χ0v) is 31.0. The number of nitrogens with zero attached hydrogens (tertiary/aromatic N) is 4. The highest BCUT2D eigenvalue weighted by Crippen LogP contribution is 2.46. The monoisotopic (exact) mass is 735 g/mol. The molecule has 0 aliphatic heterocycles. The Kier molecular flexibility index (Phi) is 8.42. The molecule has 0 fully saturated rings. The van der Waals surface area contributed by atoms with Crippen LogP contribution in [0.15, 0.2) is 204 Å². The maximum Gasteiger partial charge on any atom is 0.157 e. The average molecular weight is 736 g/mol. The molecule has 10 rings (SSSR count). The van der Waals surface area contributed by atoms with E-state index in [1.54, 1.807) is 0 Å². The SMILES string of the molecule is NC(=NC(=NCc1ccccc1)c1ccccc1)c1ccc(-n2c3ccccc3c3c2ccc2c4ccc(-c5ccccc5)c(O)c4n(-c4ccccc4)c23)cc1. The first-order valence-electron chi connectivity index (χ1n) is 19.1. The zero-order valence-electron chi connectivity index (χ0n) is 31.0. The van der Waals surface area contributed by atoms with Gasteiger partial charge < -0.3 is 20.0 Å². The van der Waals surface area contributed by atoms with Gasteiger partial charge >= 0.3 is 0 Å². The molecule has 0 unspecified atom stereocenters. The van der Waals surface area contributed by atoms with Gasteiger partial charge in [-0.1, -0.05) is 140 Å². The summed E-state index contributed by atoms with van der Waals surface area (Å²) in [6.07, 6.45) is 0. The van der Waals surface area contributed by atoms with Gasteiger partial charge in [-0.25, -0.2) is 4.99 Å². The summed E-state index contributed by atoms with van der Waals surface area (Å²) in [6, 6.07) is 65.8. The second-order valence-corrected chi connectivity index (χ2v) is 14.1. The van der Waals surface area contributed by atoms with Crippen molar-refractivity contribution in [2.24, 2.45) is 15.7 Å². The second-order valence-electron chi connectivity index (χ2n) is 14.1. The maximum atomic E-state index is 12.1. The molecule has 0 amide bonds. The Morgan fingerprint density at radius 1 is 0.491 bits per heavy atom. The summed E-state index contributed by atoms with van der Waals surface area (Å²) in [5, 5.41) is 16.4. The smallest absolute Gasteiger partial charge is 0.157 e. The lowest BCUT2D eigenvalue weighted by atomic mass is 10.0. The van der Waals surface area contributed by atoms with Crippen molar-refractivity contribution in [3.05, 3.63) is 211 Å². The Morgan fingerprint density at radius 2 is 1.09 bits per heavy atom. The van der Waals surface area contributed by atoms with Crippen molar-refractivity contribution in [2.75, 3.05) is 0 Å². The Labute approximate surface area is 329 Å². The van der Waals surface area contributed by atoms with Crippen LogP contribution in [0.1, 0.15) is 16.7 Å². The van der Waals surface area contributed by atoms with Crippen LogP contribution in [-0.2, 0) is 6.54 Å². The highest BCUT2D eigenvalue weighted by Gasteiger charge is 2.23. The number of hydrogen-bond acceptors (Lipinski definition) is 2. The fraction of sp³-hybridized carbons (Fsp3) is 0.0196. The summed E-state index contributed by atoms with van der Waals surface area (Å²) in [4.78, 5) is 9.74. The molecule has 0 spiro atoms. The number of benzene rings is 8. The van der Waals surface area contributed by atoms with Crippen LogP contribution in [0.4, 0.5) is 0 Å². The highest BCUT2D eigenvalue weighted by molar-refractivity contribution is 6.27. The van der Waals surface area contributed by atoms with Gasteiger partial charge in [0.2, 0.25) is 0 Å². The molecule has 0 saturated carbocycles. The van der Waals surface area contributed by atoms with Crippen molar-refractivity contribution in [2.45, 2.75) is 6.54 Å². The summed E-state index contributed by atoms with van der Waals surface area (Å²) in [6.45, 7) is 0.499. The van der Waals surface area contributed by atoms with Crippen LogP contribution < -0.4 is 5.73 Å². The quantitative estimate of drug-likeness (QED) is 0.126. The second kappa shape index (κ2) is 14.2. The van der Waals surface area contributed by atoms with E-state index in [-0.39, 0.29) is 5.75 Å². The predicted molar refractivity (Wildman–Crippen MR) is 236 cm³/mol. The van der Waals surface area contributed by atoms with Crippen LogP contribution in [0.2, 0.25) is 0 Å². The summed E-state index contributed by atoms with van der Waals surface area (Å²) < 4.78 is 4.54. The Bertz CT molecular complexity index is 3130. The average Bonchev–Trinajstić information content (AvgIpc) is 3.80. The molecule has 0 saturated heterocycles.